The van der Waals surface area contributed by atoms with Gasteiger partial charge in [-0.05, 0) is 37.5 Å². The maximum Gasteiger partial charge on any atom is 0.142 e. The molecule has 2 fully saturated rings. The van der Waals surface area contributed by atoms with E-state index in [-0.39, 0.29) is 0 Å². The van der Waals surface area contributed by atoms with E-state index in [2.05, 4.69) is 35.3 Å². The minimum atomic E-state index is 0.401. The van der Waals surface area contributed by atoms with E-state index in [0.29, 0.717) is 6.10 Å². The van der Waals surface area contributed by atoms with Gasteiger partial charge in [0.1, 0.15) is 5.75 Å². The summed E-state index contributed by atoms with van der Waals surface area (Å²) < 4.78 is 11.7. The fourth-order valence-electron chi connectivity index (χ4n) is 3.07. The van der Waals surface area contributed by atoms with Gasteiger partial charge in [-0.25, -0.2) is 0 Å². The van der Waals surface area contributed by atoms with Crippen molar-refractivity contribution >= 4 is 5.69 Å². The van der Waals surface area contributed by atoms with Crippen molar-refractivity contribution in [3.05, 3.63) is 23.8 Å². The molecule has 2 aliphatic rings. The lowest BCUT2D eigenvalue weighted by Crippen LogP contribution is -2.43. The van der Waals surface area contributed by atoms with Gasteiger partial charge in [0.25, 0.3) is 0 Å². The fraction of sp³-hybridized carbons (Fsp3) is 0.647. The Morgan fingerprint density at radius 1 is 1.33 bits per heavy atom. The Balaban J connectivity index is 1.62. The lowest BCUT2D eigenvalue weighted by Gasteiger charge is -2.31. The molecule has 0 saturated carbocycles. The Kier molecular flexibility index (Phi) is 4.99. The summed E-state index contributed by atoms with van der Waals surface area (Å²) >= 11 is 0. The highest BCUT2D eigenvalue weighted by molar-refractivity contribution is 5.60. The van der Waals surface area contributed by atoms with Crippen LogP contribution in [0, 0.1) is 6.92 Å². The molecule has 116 valence electrons. The van der Waals surface area contributed by atoms with Crippen LogP contribution in [0.5, 0.6) is 5.75 Å². The number of anilines is 1. The van der Waals surface area contributed by atoms with Crippen LogP contribution in [0.2, 0.25) is 0 Å². The molecule has 1 aromatic carbocycles. The van der Waals surface area contributed by atoms with E-state index < -0.39 is 0 Å². The topological polar surface area (TPSA) is 33.7 Å². The van der Waals surface area contributed by atoms with Gasteiger partial charge in [-0.2, -0.15) is 0 Å². The highest BCUT2D eigenvalue weighted by Gasteiger charge is 2.17. The number of piperazine rings is 1. The first kappa shape index (κ1) is 14.7. The molecule has 1 atom stereocenters. The average Bonchev–Trinajstić information content (AvgIpc) is 3.03. The second kappa shape index (κ2) is 7.14. The first-order valence-corrected chi connectivity index (χ1v) is 8.13. The van der Waals surface area contributed by atoms with Crippen molar-refractivity contribution < 1.29 is 9.47 Å². The molecule has 0 aliphatic carbocycles. The second-order valence-electron chi connectivity index (χ2n) is 5.98. The SMILES string of the molecule is Cc1ccc(OCCC2CCCO2)c(N2CCNCC2)c1. The summed E-state index contributed by atoms with van der Waals surface area (Å²) in [6.07, 6.45) is 3.77. The predicted molar refractivity (Wildman–Crippen MR) is 85.3 cm³/mol. The largest absolute Gasteiger partial charge is 0.491 e. The van der Waals surface area contributed by atoms with E-state index in [1.54, 1.807) is 0 Å². The van der Waals surface area contributed by atoms with Gasteiger partial charge in [0.05, 0.1) is 18.4 Å². The molecule has 4 nitrogen and oxygen atoms in total. The summed E-state index contributed by atoms with van der Waals surface area (Å²) in [5.41, 5.74) is 2.53. The van der Waals surface area contributed by atoms with Crippen molar-refractivity contribution in [2.45, 2.75) is 32.3 Å². The zero-order valence-electron chi connectivity index (χ0n) is 12.9. The normalized spacial score (nSPS) is 22.5. The molecule has 2 aliphatic heterocycles. The monoisotopic (exact) mass is 290 g/mol. The second-order valence-corrected chi connectivity index (χ2v) is 5.98. The van der Waals surface area contributed by atoms with E-state index in [0.717, 1.165) is 51.6 Å². The third kappa shape index (κ3) is 3.89. The smallest absolute Gasteiger partial charge is 0.142 e. The molecule has 4 heteroatoms. The highest BCUT2D eigenvalue weighted by Crippen LogP contribution is 2.30. The Morgan fingerprint density at radius 3 is 2.95 bits per heavy atom. The first-order chi connectivity index (χ1) is 10.3. The minimum absolute atomic E-state index is 0.401. The van der Waals surface area contributed by atoms with Crippen LogP contribution in [0.3, 0.4) is 0 Å². The third-order valence-corrected chi connectivity index (χ3v) is 4.29. The van der Waals surface area contributed by atoms with Gasteiger partial charge in [-0.3, -0.25) is 0 Å². The summed E-state index contributed by atoms with van der Waals surface area (Å²) in [7, 11) is 0. The zero-order chi connectivity index (χ0) is 14.5. The Labute approximate surface area is 127 Å². The van der Waals surface area contributed by atoms with Crippen molar-refractivity contribution in [3.8, 4) is 5.75 Å². The number of benzene rings is 1. The van der Waals surface area contributed by atoms with Crippen LogP contribution < -0.4 is 15.0 Å². The fourth-order valence-corrected chi connectivity index (χ4v) is 3.07. The quantitative estimate of drug-likeness (QED) is 0.902. The van der Waals surface area contributed by atoms with Gasteiger partial charge in [0.15, 0.2) is 0 Å². The lowest BCUT2D eigenvalue weighted by molar-refractivity contribution is 0.0904. The van der Waals surface area contributed by atoms with E-state index >= 15 is 0 Å². The van der Waals surface area contributed by atoms with Gasteiger partial charge >= 0.3 is 0 Å². The lowest BCUT2D eigenvalue weighted by atomic mass is 10.1. The Morgan fingerprint density at radius 2 is 2.19 bits per heavy atom. The Hall–Kier alpha value is -1.26. The molecule has 1 N–H and O–H groups in total. The van der Waals surface area contributed by atoms with Crippen molar-refractivity contribution in [2.75, 3.05) is 44.3 Å². The van der Waals surface area contributed by atoms with Gasteiger partial charge in [0.2, 0.25) is 0 Å². The summed E-state index contributed by atoms with van der Waals surface area (Å²) in [4.78, 5) is 2.42. The number of aryl methyl sites for hydroxylation is 1. The van der Waals surface area contributed by atoms with E-state index in [1.807, 2.05) is 0 Å². The molecule has 21 heavy (non-hydrogen) atoms. The van der Waals surface area contributed by atoms with E-state index in [1.165, 1.54) is 24.1 Å². The number of hydrogen-bond acceptors (Lipinski definition) is 4. The summed E-state index contributed by atoms with van der Waals surface area (Å²) in [5.74, 6) is 1.01. The number of hydrogen-bond donors (Lipinski definition) is 1. The van der Waals surface area contributed by atoms with Crippen LogP contribution in [0.1, 0.15) is 24.8 Å². The van der Waals surface area contributed by atoms with Crippen LogP contribution in [-0.4, -0.2) is 45.5 Å². The van der Waals surface area contributed by atoms with Gasteiger partial charge in [0, 0.05) is 39.2 Å². The van der Waals surface area contributed by atoms with Gasteiger partial charge < -0.3 is 19.7 Å². The molecule has 2 saturated heterocycles. The van der Waals surface area contributed by atoms with E-state index in [9.17, 15) is 0 Å². The molecule has 0 spiro atoms. The number of ether oxygens (including phenoxy) is 2. The maximum atomic E-state index is 6.07. The predicted octanol–water partition coefficient (Wildman–Crippen LogP) is 2.35. The van der Waals surface area contributed by atoms with Crippen LogP contribution >= 0.6 is 0 Å². The average molecular weight is 290 g/mol. The zero-order valence-corrected chi connectivity index (χ0v) is 12.9. The number of nitrogens with one attached hydrogen (secondary N) is 1. The maximum absolute atomic E-state index is 6.07. The molecule has 2 heterocycles. The van der Waals surface area contributed by atoms with Gasteiger partial charge in [-0.15, -0.1) is 0 Å². The van der Waals surface area contributed by atoms with Crippen molar-refractivity contribution in [1.82, 2.24) is 5.32 Å². The molecule has 1 aromatic rings. The number of nitrogens with zero attached hydrogens (tertiary/aromatic N) is 1. The van der Waals surface area contributed by atoms with Crippen LogP contribution in [0.25, 0.3) is 0 Å². The van der Waals surface area contributed by atoms with Crippen molar-refractivity contribution in [1.29, 1.82) is 0 Å². The van der Waals surface area contributed by atoms with Crippen LogP contribution in [0.4, 0.5) is 5.69 Å². The standard InChI is InChI=1S/C17H26N2O2/c1-14-4-5-17(21-12-6-15-3-2-11-20-15)16(13-14)19-9-7-18-8-10-19/h4-5,13,15,18H,2-3,6-12H2,1H3. The summed E-state index contributed by atoms with van der Waals surface area (Å²) in [5, 5.41) is 3.40. The summed E-state index contributed by atoms with van der Waals surface area (Å²) in [6.45, 7) is 7.99. The molecule has 0 amide bonds. The van der Waals surface area contributed by atoms with Crippen LogP contribution in [0.15, 0.2) is 18.2 Å². The molecule has 1 unspecified atom stereocenters. The Bertz CT molecular complexity index is 452. The van der Waals surface area contributed by atoms with Crippen molar-refractivity contribution in [3.63, 3.8) is 0 Å². The van der Waals surface area contributed by atoms with Crippen molar-refractivity contribution in [2.24, 2.45) is 0 Å². The number of rotatable bonds is 5. The van der Waals surface area contributed by atoms with Gasteiger partial charge in [-0.1, -0.05) is 6.07 Å². The molecule has 3 rings (SSSR count). The molecular formula is C17H26N2O2. The van der Waals surface area contributed by atoms with E-state index in [4.69, 9.17) is 9.47 Å². The molecule has 0 bridgehead atoms. The molecular weight excluding hydrogens is 264 g/mol. The van der Waals surface area contributed by atoms with Crippen LogP contribution in [-0.2, 0) is 4.74 Å². The highest BCUT2D eigenvalue weighted by atomic mass is 16.5. The minimum Gasteiger partial charge on any atom is -0.491 e. The molecule has 0 radical (unpaired) electrons. The third-order valence-electron chi connectivity index (χ3n) is 4.29. The first-order valence-electron chi connectivity index (χ1n) is 8.13. The molecule has 0 aromatic heterocycles. The summed E-state index contributed by atoms with van der Waals surface area (Å²) in [6, 6.07) is 6.49.